The number of rotatable bonds is 9. The molecule has 0 aliphatic heterocycles. The summed E-state index contributed by atoms with van der Waals surface area (Å²) in [5, 5.41) is 5.43. The summed E-state index contributed by atoms with van der Waals surface area (Å²) in [7, 11) is -3.73. The van der Waals surface area contributed by atoms with Crippen LogP contribution in [0, 0.1) is 6.92 Å². The summed E-state index contributed by atoms with van der Waals surface area (Å²) in [6, 6.07) is 16.1. The predicted molar refractivity (Wildman–Crippen MR) is 131 cm³/mol. The second kappa shape index (κ2) is 10.2. The van der Waals surface area contributed by atoms with Gasteiger partial charge in [0.05, 0.1) is 16.3 Å². The lowest BCUT2D eigenvalue weighted by atomic mass is 10.1. The Morgan fingerprint density at radius 3 is 2.58 bits per heavy atom. The summed E-state index contributed by atoms with van der Waals surface area (Å²) >= 11 is 2.51. The first-order valence-electron chi connectivity index (χ1n) is 9.93. The topological polar surface area (TPSA) is 117 Å². The standard InChI is InChI=1S/C22H21N5O3S3/c1-15-19(13-16-5-3-2-4-6-16)26-22(24-15)32-14-20(28)25-17-7-9-18(10-8-17)33(29,30)27-21-23-11-12-31-21/h2-12H,13-14H2,1H3,(H,23,27)(H,24,26)(H,25,28). The van der Waals surface area contributed by atoms with Gasteiger partial charge in [0.2, 0.25) is 5.91 Å². The number of aromatic nitrogens is 3. The van der Waals surface area contributed by atoms with Crippen molar-refractivity contribution >= 4 is 49.8 Å². The summed E-state index contributed by atoms with van der Waals surface area (Å²) in [6.07, 6.45) is 2.25. The number of nitrogens with one attached hydrogen (secondary N) is 3. The number of sulfonamides is 1. The minimum atomic E-state index is -3.73. The fourth-order valence-corrected chi connectivity index (χ4v) is 5.52. The Morgan fingerprint density at radius 2 is 1.88 bits per heavy atom. The Kier molecular flexibility index (Phi) is 7.11. The zero-order chi connectivity index (χ0) is 23.3. The van der Waals surface area contributed by atoms with Crippen molar-refractivity contribution in [1.82, 2.24) is 15.0 Å². The summed E-state index contributed by atoms with van der Waals surface area (Å²) in [6.45, 7) is 1.97. The molecule has 8 nitrogen and oxygen atoms in total. The zero-order valence-corrected chi connectivity index (χ0v) is 20.1. The first-order chi connectivity index (χ1) is 15.9. The van der Waals surface area contributed by atoms with Crippen molar-refractivity contribution in [2.24, 2.45) is 0 Å². The zero-order valence-electron chi connectivity index (χ0n) is 17.6. The van der Waals surface area contributed by atoms with E-state index in [-0.39, 0.29) is 16.6 Å². The molecule has 2 aromatic carbocycles. The van der Waals surface area contributed by atoms with E-state index in [1.807, 2.05) is 25.1 Å². The number of H-pyrrole nitrogens is 1. The normalized spacial score (nSPS) is 11.3. The maximum absolute atomic E-state index is 12.4. The molecule has 1 amide bonds. The van der Waals surface area contributed by atoms with Gasteiger partial charge in [-0.05, 0) is 36.8 Å². The Morgan fingerprint density at radius 1 is 1.12 bits per heavy atom. The summed E-state index contributed by atoms with van der Waals surface area (Å²) in [5.74, 6) is -0.0428. The van der Waals surface area contributed by atoms with Crippen molar-refractivity contribution in [3.63, 3.8) is 0 Å². The van der Waals surface area contributed by atoms with Crippen LogP contribution < -0.4 is 10.0 Å². The number of benzene rings is 2. The van der Waals surface area contributed by atoms with Crippen LogP contribution in [0.25, 0.3) is 0 Å². The molecule has 33 heavy (non-hydrogen) atoms. The van der Waals surface area contributed by atoms with Crippen LogP contribution in [0.4, 0.5) is 10.8 Å². The highest BCUT2D eigenvalue weighted by atomic mass is 32.2. The van der Waals surface area contributed by atoms with Crippen LogP contribution >= 0.6 is 23.1 Å². The largest absolute Gasteiger partial charge is 0.337 e. The number of thioether (sulfide) groups is 1. The number of hydrogen-bond acceptors (Lipinski definition) is 7. The second-order valence-electron chi connectivity index (χ2n) is 7.08. The highest BCUT2D eigenvalue weighted by molar-refractivity contribution is 7.99. The minimum Gasteiger partial charge on any atom is -0.337 e. The van der Waals surface area contributed by atoms with Gasteiger partial charge in [0, 0.05) is 29.4 Å². The number of thiazole rings is 1. The number of aryl methyl sites for hydroxylation is 1. The van der Waals surface area contributed by atoms with Crippen LogP contribution in [-0.2, 0) is 21.2 Å². The molecule has 0 bridgehead atoms. The van der Waals surface area contributed by atoms with E-state index in [9.17, 15) is 13.2 Å². The molecule has 170 valence electrons. The van der Waals surface area contributed by atoms with Crippen LogP contribution in [0.5, 0.6) is 0 Å². The molecule has 0 radical (unpaired) electrons. The van der Waals surface area contributed by atoms with Crippen molar-refractivity contribution in [1.29, 1.82) is 0 Å². The third-order valence-electron chi connectivity index (χ3n) is 4.62. The number of hydrogen-bond donors (Lipinski definition) is 3. The third kappa shape index (κ3) is 6.21. The average Bonchev–Trinajstić information content (AvgIpc) is 3.42. The van der Waals surface area contributed by atoms with Crippen molar-refractivity contribution in [2.45, 2.75) is 23.4 Å². The lowest BCUT2D eigenvalue weighted by Crippen LogP contribution is -2.15. The Bertz CT molecular complexity index is 1320. The molecule has 0 unspecified atom stereocenters. The van der Waals surface area contributed by atoms with Gasteiger partial charge >= 0.3 is 0 Å². The van der Waals surface area contributed by atoms with Gasteiger partial charge in [0.15, 0.2) is 10.3 Å². The molecule has 4 rings (SSSR count). The SMILES string of the molecule is Cc1[nH]c(SCC(=O)Nc2ccc(S(=O)(=O)Nc3nccs3)cc2)nc1Cc1ccccc1. The smallest absolute Gasteiger partial charge is 0.263 e. The minimum absolute atomic E-state index is 0.0853. The van der Waals surface area contributed by atoms with E-state index in [0.29, 0.717) is 16.0 Å². The molecule has 0 fully saturated rings. The first-order valence-corrected chi connectivity index (χ1v) is 13.3. The average molecular weight is 500 g/mol. The van der Waals surface area contributed by atoms with Crippen molar-refractivity contribution in [3.05, 3.63) is 83.1 Å². The molecule has 0 spiro atoms. The molecule has 0 saturated carbocycles. The second-order valence-corrected chi connectivity index (χ2v) is 10.6. The summed E-state index contributed by atoms with van der Waals surface area (Å²) in [5.41, 5.74) is 3.61. The Balaban J connectivity index is 1.31. The number of amides is 1. The molecule has 2 heterocycles. The van der Waals surface area contributed by atoms with E-state index in [1.54, 1.807) is 17.5 Å². The van der Waals surface area contributed by atoms with E-state index < -0.39 is 10.0 Å². The molecular weight excluding hydrogens is 478 g/mol. The number of nitrogens with zero attached hydrogens (tertiary/aromatic N) is 2. The lowest BCUT2D eigenvalue weighted by molar-refractivity contribution is -0.113. The first kappa shape index (κ1) is 23.0. The highest BCUT2D eigenvalue weighted by Gasteiger charge is 2.16. The van der Waals surface area contributed by atoms with Gasteiger partial charge in [0.1, 0.15) is 0 Å². The number of imidazole rings is 1. The maximum Gasteiger partial charge on any atom is 0.263 e. The van der Waals surface area contributed by atoms with Gasteiger partial charge in [-0.2, -0.15) is 0 Å². The van der Waals surface area contributed by atoms with Gasteiger partial charge < -0.3 is 10.3 Å². The van der Waals surface area contributed by atoms with Crippen LogP contribution in [0.15, 0.2) is 76.2 Å². The fourth-order valence-electron chi connectivity index (χ4n) is 2.99. The Labute approximate surface area is 199 Å². The molecule has 0 aliphatic carbocycles. The van der Waals surface area contributed by atoms with E-state index in [0.717, 1.165) is 17.8 Å². The van der Waals surface area contributed by atoms with E-state index in [1.165, 1.54) is 47.0 Å². The van der Waals surface area contributed by atoms with Gasteiger partial charge in [-0.25, -0.2) is 18.4 Å². The fraction of sp³-hybridized carbons (Fsp3) is 0.136. The molecule has 0 atom stereocenters. The predicted octanol–water partition coefficient (Wildman–Crippen LogP) is 4.30. The summed E-state index contributed by atoms with van der Waals surface area (Å²) < 4.78 is 27.2. The van der Waals surface area contributed by atoms with Crippen LogP contribution in [-0.4, -0.2) is 35.0 Å². The van der Waals surface area contributed by atoms with Crippen LogP contribution in [0.3, 0.4) is 0 Å². The van der Waals surface area contributed by atoms with Crippen molar-refractivity contribution in [3.8, 4) is 0 Å². The maximum atomic E-state index is 12.4. The summed E-state index contributed by atoms with van der Waals surface area (Å²) in [4.78, 5) is 24.2. The molecule has 4 aromatic rings. The van der Waals surface area contributed by atoms with Crippen LogP contribution in [0.2, 0.25) is 0 Å². The monoisotopic (exact) mass is 499 g/mol. The van der Waals surface area contributed by atoms with Gasteiger partial charge in [0.25, 0.3) is 10.0 Å². The molecule has 2 aromatic heterocycles. The van der Waals surface area contributed by atoms with Gasteiger partial charge in [-0.15, -0.1) is 11.3 Å². The Hall–Kier alpha value is -3.15. The van der Waals surface area contributed by atoms with Gasteiger partial charge in [-0.1, -0.05) is 42.1 Å². The van der Waals surface area contributed by atoms with E-state index in [4.69, 9.17) is 0 Å². The van der Waals surface area contributed by atoms with E-state index >= 15 is 0 Å². The number of carbonyl (C=O) groups is 1. The number of carbonyl (C=O) groups excluding carboxylic acids is 1. The molecule has 0 aliphatic rings. The highest BCUT2D eigenvalue weighted by Crippen LogP contribution is 2.21. The molecule has 3 N–H and O–H groups in total. The quantitative estimate of drug-likeness (QED) is 0.296. The molecule has 11 heteroatoms. The van der Waals surface area contributed by atoms with E-state index in [2.05, 4.69) is 37.1 Å². The number of anilines is 2. The molecular formula is C22H21N5O3S3. The van der Waals surface area contributed by atoms with Crippen LogP contribution in [0.1, 0.15) is 17.0 Å². The third-order valence-corrected chi connectivity index (χ3v) is 7.67. The van der Waals surface area contributed by atoms with Crippen molar-refractivity contribution in [2.75, 3.05) is 15.8 Å². The van der Waals surface area contributed by atoms with Gasteiger partial charge in [-0.3, -0.25) is 9.52 Å². The lowest BCUT2D eigenvalue weighted by Gasteiger charge is -2.07. The number of aromatic amines is 1. The van der Waals surface area contributed by atoms with Crippen molar-refractivity contribution < 1.29 is 13.2 Å². The molecule has 0 saturated heterocycles.